The average molecular weight is 435 g/mol. The third kappa shape index (κ3) is 2.55. The van der Waals surface area contributed by atoms with Crippen molar-refractivity contribution in [2.45, 2.75) is 18.5 Å². The second kappa shape index (κ2) is 6.97. The van der Waals surface area contributed by atoms with Crippen LogP contribution in [0.3, 0.4) is 0 Å². The fraction of sp³-hybridized carbons (Fsp3) is 0.185. The van der Waals surface area contributed by atoms with Crippen LogP contribution in [0, 0.1) is 11.8 Å². The van der Waals surface area contributed by atoms with Gasteiger partial charge in [-0.1, -0.05) is 72.8 Å². The summed E-state index contributed by atoms with van der Waals surface area (Å²) in [4.78, 5) is 42.9. The summed E-state index contributed by atoms with van der Waals surface area (Å²) in [5.74, 6) is -2.43. The number of rotatable bonds is 3. The number of hydrazone groups is 1. The average Bonchev–Trinajstić information content (AvgIpc) is 3.29. The van der Waals surface area contributed by atoms with Crippen molar-refractivity contribution in [3.63, 3.8) is 0 Å². The number of carbonyl (C=O) groups is 3. The standard InChI is InChI=1S/C27H21N3O3/c1-27(24(31)17-10-4-2-5-11-17)22-21(23-20-15-9-8-12-18(20)16-28-30(23)27)25(32)29(26(22)33)19-13-6-3-7-14-19/h2-16,21-23H,1H3/t21-,22-,23+,27+/m0/s1. The van der Waals surface area contributed by atoms with Gasteiger partial charge in [-0.3, -0.25) is 19.4 Å². The number of carbonyl (C=O) groups excluding carboxylic acids is 3. The lowest BCUT2D eigenvalue weighted by molar-refractivity contribution is -0.124. The van der Waals surface area contributed by atoms with Gasteiger partial charge in [-0.2, -0.15) is 5.10 Å². The summed E-state index contributed by atoms with van der Waals surface area (Å²) in [6.45, 7) is 1.75. The normalized spacial score (nSPS) is 27.4. The Morgan fingerprint density at radius 1 is 0.848 bits per heavy atom. The molecule has 3 aromatic carbocycles. The van der Waals surface area contributed by atoms with Crippen molar-refractivity contribution >= 4 is 29.5 Å². The first-order valence-corrected chi connectivity index (χ1v) is 11.0. The van der Waals surface area contributed by atoms with E-state index in [1.807, 2.05) is 36.4 Å². The lowest BCUT2D eigenvalue weighted by atomic mass is 9.76. The number of anilines is 1. The fourth-order valence-corrected chi connectivity index (χ4v) is 5.68. The summed E-state index contributed by atoms with van der Waals surface area (Å²) in [7, 11) is 0. The molecule has 0 radical (unpaired) electrons. The first-order chi connectivity index (χ1) is 16.0. The number of fused-ring (bicyclic) bond motifs is 5. The monoisotopic (exact) mass is 435 g/mol. The van der Waals surface area contributed by atoms with Gasteiger partial charge in [0.2, 0.25) is 11.8 Å². The molecule has 0 aliphatic carbocycles. The summed E-state index contributed by atoms with van der Waals surface area (Å²) in [6, 6.07) is 25.1. The second-order valence-electron chi connectivity index (χ2n) is 8.86. The van der Waals surface area contributed by atoms with Gasteiger partial charge >= 0.3 is 0 Å². The van der Waals surface area contributed by atoms with Crippen molar-refractivity contribution in [1.82, 2.24) is 5.01 Å². The van der Waals surface area contributed by atoms with E-state index in [0.717, 1.165) is 11.1 Å². The number of amides is 2. The summed E-state index contributed by atoms with van der Waals surface area (Å²) in [5, 5.41) is 6.35. The lowest BCUT2D eigenvalue weighted by Gasteiger charge is -2.40. The van der Waals surface area contributed by atoms with Crippen LogP contribution in [0.15, 0.2) is 90.0 Å². The Morgan fingerprint density at radius 3 is 2.21 bits per heavy atom. The number of nitrogens with zero attached hydrogens (tertiary/aromatic N) is 3. The molecule has 33 heavy (non-hydrogen) atoms. The van der Waals surface area contributed by atoms with Gasteiger partial charge in [0, 0.05) is 5.56 Å². The molecule has 6 nitrogen and oxygen atoms in total. The Balaban J connectivity index is 1.56. The molecule has 6 rings (SSSR count). The Labute approximate surface area is 191 Å². The topological polar surface area (TPSA) is 70.0 Å². The third-order valence-electron chi connectivity index (χ3n) is 7.18. The van der Waals surface area contributed by atoms with Crippen molar-refractivity contribution in [3.8, 4) is 0 Å². The van der Waals surface area contributed by atoms with Crippen LogP contribution in [-0.4, -0.2) is 34.4 Å². The highest BCUT2D eigenvalue weighted by atomic mass is 16.2. The molecule has 0 bridgehead atoms. The molecular weight excluding hydrogens is 414 g/mol. The van der Waals surface area contributed by atoms with Crippen LogP contribution < -0.4 is 4.90 Å². The number of benzene rings is 3. The van der Waals surface area contributed by atoms with Gasteiger partial charge in [0.25, 0.3) is 0 Å². The van der Waals surface area contributed by atoms with E-state index in [1.54, 1.807) is 66.7 Å². The molecular formula is C27H21N3O3. The Bertz CT molecular complexity index is 1320. The first-order valence-electron chi connectivity index (χ1n) is 11.0. The zero-order valence-corrected chi connectivity index (χ0v) is 18.0. The SMILES string of the molecule is C[C@]1(C(=O)c2ccccc2)[C@@H]2C(=O)N(c3ccccc3)C(=O)[C@@H]2[C@H]2c3ccccc3C=NN21. The Hall–Kier alpha value is -4.06. The molecule has 6 heteroatoms. The predicted molar refractivity (Wildman–Crippen MR) is 124 cm³/mol. The first kappa shape index (κ1) is 19.6. The molecule has 2 fully saturated rings. The van der Waals surface area contributed by atoms with Gasteiger partial charge in [0.15, 0.2) is 5.78 Å². The van der Waals surface area contributed by atoms with Crippen molar-refractivity contribution in [2.75, 3.05) is 4.90 Å². The van der Waals surface area contributed by atoms with Gasteiger partial charge in [0.1, 0.15) is 5.54 Å². The molecule has 2 amide bonds. The van der Waals surface area contributed by atoms with Gasteiger partial charge in [-0.05, 0) is 30.2 Å². The number of para-hydroxylation sites is 1. The summed E-state index contributed by atoms with van der Waals surface area (Å²) >= 11 is 0. The van der Waals surface area contributed by atoms with E-state index in [-0.39, 0.29) is 17.6 Å². The quantitative estimate of drug-likeness (QED) is 0.463. The third-order valence-corrected chi connectivity index (χ3v) is 7.18. The minimum Gasteiger partial charge on any atom is -0.291 e. The molecule has 3 aromatic rings. The minimum atomic E-state index is -1.31. The largest absolute Gasteiger partial charge is 0.291 e. The minimum absolute atomic E-state index is 0.215. The number of Topliss-reactive ketones (excluding diaryl/α,β-unsaturated/α-hetero) is 1. The van der Waals surface area contributed by atoms with E-state index in [0.29, 0.717) is 11.3 Å². The Kier molecular flexibility index (Phi) is 4.14. The molecule has 0 aromatic heterocycles. The molecule has 3 aliphatic heterocycles. The Morgan fingerprint density at radius 2 is 1.48 bits per heavy atom. The molecule has 0 N–H and O–H groups in total. The van der Waals surface area contributed by atoms with Crippen molar-refractivity contribution < 1.29 is 14.4 Å². The zero-order chi connectivity index (χ0) is 22.7. The van der Waals surface area contributed by atoms with E-state index in [1.165, 1.54) is 4.90 Å². The van der Waals surface area contributed by atoms with Gasteiger partial charge in [-0.15, -0.1) is 0 Å². The molecule has 162 valence electrons. The highest BCUT2D eigenvalue weighted by molar-refractivity contribution is 6.25. The molecule has 0 saturated carbocycles. The van der Waals surface area contributed by atoms with Crippen LogP contribution in [0.25, 0.3) is 0 Å². The van der Waals surface area contributed by atoms with E-state index >= 15 is 0 Å². The summed E-state index contributed by atoms with van der Waals surface area (Å²) < 4.78 is 0. The van der Waals surface area contributed by atoms with Crippen LogP contribution in [0.4, 0.5) is 5.69 Å². The highest BCUT2D eigenvalue weighted by Crippen LogP contribution is 2.57. The number of ketones is 1. The number of hydrogen-bond acceptors (Lipinski definition) is 5. The van der Waals surface area contributed by atoms with Crippen molar-refractivity contribution in [2.24, 2.45) is 16.9 Å². The van der Waals surface area contributed by atoms with Crippen molar-refractivity contribution in [3.05, 3.63) is 102 Å². The molecule has 3 aliphatic rings. The smallest absolute Gasteiger partial charge is 0.240 e. The highest BCUT2D eigenvalue weighted by Gasteiger charge is 2.71. The fourth-order valence-electron chi connectivity index (χ4n) is 5.68. The van der Waals surface area contributed by atoms with Crippen LogP contribution in [0.2, 0.25) is 0 Å². The van der Waals surface area contributed by atoms with Gasteiger partial charge < -0.3 is 0 Å². The van der Waals surface area contributed by atoms with E-state index in [4.69, 9.17) is 0 Å². The van der Waals surface area contributed by atoms with E-state index in [9.17, 15) is 14.4 Å². The maximum atomic E-state index is 14.0. The molecule has 0 spiro atoms. The maximum Gasteiger partial charge on any atom is 0.240 e. The second-order valence-corrected chi connectivity index (χ2v) is 8.86. The summed E-state index contributed by atoms with van der Waals surface area (Å²) in [6.07, 6.45) is 1.72. The zero-order valence-electron chi connectivity index (χ0n) is 18.0. The van der Waals surface area contributed by atoms with Crippen molar-refractivity contribution in [1.29, 1.82) is 0 Å². The van der Waals surface area contributed by atoms with Gasteiger partial charge in [-0.25, -0.2) is 4.90 Å². The molecule has 0 unspecified atom stereocenters. The van der Waals surface area contributed by atoms with Crippen LogP contribution in [0.1, 0.15) is 34.5 Å². The van der Waals surface area contributed by atoms with E-state index in [2.05, 4.69) is 5.10 Å². The van der Waals surface area contributed by atoms with Crippen LogP contribution in [0.5, 0.6) is 0 Å². The predicted octanol–water partition coefficient (Wildman–Crippen LogP) is 3.84. The molecule has 3 heterocycles. The van der Waals surface area contributed by atoms with Gasteiger partial charge in [0.05, 0.1) is 29.8 Å². The lowest BCUT2D eigenvalue weighted by Crippen LogP contribution is -2.54. The maximum absolute atomic E-state index is 14.0. The number of hydrogen-bond donors (Lipinski definition) is 0. The van der Waals surface area contributed by atoms with Crippen LogP contribution in [-0.2, 0) is 9.59 Å². The van der Waals surface area contributed by atoms with Crippen LogP contribution >= 0.6 is 0 Å². The number of imide groups is 1. The molecule has 4 atom stereocenters. The van der Waals surface area contributed by atoms with E-state index < -0.39 is 23.4 Å². The molecule has 2 saturated heterocycles. The summed E-state index contributed by atoms with van der Waals surface area (Å²) in [5.41, 5.74) is 1.51.